The van der Waals surface area contributed by atoms with Crippen LogP contribution in [-0.2, 0) is 19.0 Å². The van der Waals surface area contributed by atoms with Crippen LogP contribution in [0.5, 0.6) is 11.5 Å². The second-order valence-electron chi connectivity index (χ2n) is 9.58. The fourth-order valence-electron chi connectivity index (χ4n) is 4.30. The van der Waals surface area contributed by atoms with Gasteiger partial charge in [0, 0.05) is 37.3 Å². The zero-order valence-corrected chi connectivity index (χ0v) is 23.2. The lowest BCUT2D eigenvalue weighted by atomic mass is 9.91. The molecule has 220 valence electrons. The van der Waals surface area contributed by atoms with Gasteiger partial charge in [-0.05, 0) is 31.9 Å². The molecule has 2 amide bonds. The monoisotopic (exact) mass is 561 g/mol. The highest BCUT2D eigenvalue weighted by atomic mass is 16.6. The predicted molar refractivity (Wildman–Crippen MR) is 150 cm³/mol. The van der Waals surface area contributed by atoms with Crippen molar-refractivity contribution in [3.63, 3.8) is 0 Å². The average Bonchev–Trinajstić information content (AvgIpc) is 2.91. The van der Waals surface area contributed by atoms with Crippen molar-refractivity contribution in [1.82, 2.24) is 0 Å². The number of aromatic hydroxyl groups is 2. The van der Waals surface area contributed by atoms with E-state index < -0.39 is 48.9 Å². The third-order valence-electron chi connectivity index (χ3n) is 6.59. The number of nitrogens with one attached hydrogen (secondary N) is 1. The summed E-state index contributed by atoms with van der Waals surface area (Å²) in [7, 11) is 2.79. The molecule has 12 nitrogen and oxygen atoms in total. The van der Waals surface area contributed by atoms with Crippen molar-refractivity contribution in [2.24, 2.45) is 11.7 Å². The summed E-state index contributed by atoms with van der Waals surface area (Å²) in [6, 6.07) is 1.14. The Bertz CT molecular complexity index is 1210. The van der Waals surface area contributed by atoms with Crippen molar-refractivity contribution < 1.29 is 44.2 Å². The second-order valence-corrected chi connectivity index (χ2v) is 9.58. The molecule has 5 atom stereocenters. The van der Waals surface area contributed by atoms with Gasteiger partial charge in [0.25, 0.3) is 5.91 Å². The number of carbonyl (C=O) groups excluding carboxylic acids is 2. The number of amides is 2. The number of phenolic OH excluding ortho intramolecular Hbond substituents is 2. The van der Waals surface area contributed by atoms with E-state index in [0.717, 1.165) is 6.07 Å². The number of allylic oxidation sites excluding steroid dienone is 2. The van der Waals surface area contributed by atoms with Crippen LogP contribution in [0.3, 0.4) is 0 Å². The minimum atomic E-state index is -1.14. The van der Waals surface area contributed by atoms with Crippen molar-refractivity contribution in [2.45, 2.75) is 51.6 Å². The summed E-state index contributed by atoms with van der Waals surface area (Å²) in [6.07, 6.45) is 2.71. The number of anilines is 2. The van der Waals surface area contributed by atoms with Gasteiger partial charge < -0.3 is 51.4 Å². The molecule has 1 heterocycles. The van der Waals surface area contributed by atoms with Gasteiger partial charge in [0.15, 0.2) is 6.10 Å². The fourth-order valence-corrected chi connectivity index (χ4v) is 4.30. The molecular weight excluding hydrogens is 522 g/mol. The predicted octanol–water partition coefficient (Wildman–Crippen LogP) is 2.34. The van der Waals surface area contributed by atoms with Gasteiger partial charge in [-0.1, -0.05) is 36.8 Å². The number of methoxy groups -OCH3 is 2. The number of benzene rings is 1. The Balaban J connectivity index is 2.72. The Morgan fingerprint density at radius 3 is 2.45 bits per heavy atom. The van der Waals surface area contributed by atoms with Gasteiger partial charge in [0.2, 0.25) is 0 Å². The molecule has 0 unspecified atom stereocenters. The molecule has 0 spiro atoms. The molecule has 12 heteroatoms. The topological polar surface area (TPSA) is 207 Å². The minimum absolute atomic E-state index is 0.0659. The van der Waals surface area contributed by atoms with E-state index in [1.807, 2.05) is 0 Å². The molecule has 1 aromatic carbocycles. The molecule has 1 aliphatic heterocycles. The lowest BCUT2D eigenvalue weighted by Crippen LogP contribution is -2.38. The van der Waals surface area contributed by atoms with Crippen LogP contribution in [-0.4, -0.2) is 77.7 Å². The van der Waals surface area contributed by atoms with Crippen molar-refractivity contribution in [3.8, 4) is 11.5 Å². The first-order valence-electron chi connectivity index (χ1n) is 12.5. The SMILES string of the molecule is CO[C@H]1C=CC=C(C)C(=O)Nc2cc(O)c(N)c(c2O)C=C(C)C[C@H](OC)[C@H](O)[C@@H](C)C=C(CO)[C@@H]1OC(N)=O. The molecule has 1 aromatic rings. The molecule has 40 heavy (non-hydrogen) atoms. The van der Waals surface area contributed by atoms with Crippen LogP contribution < -0.4 is 16.8 Å². The van der Waals surface area contributed by atoms with E-state index in [9.17, 15) is 30.0 Å². The maximum absolute atomic E-state index is 12.8. The van der Waals surface area contributed by atoms with Crippen LogP contribution in [0.25, 0.3) is 6.08 Å². The first-order chi connectivity index (χ1) is 18.8. The highest BCUT2D eigenvalue weighted by Crippen LogP contribution is 2.40. The molecule has 0 aliphatic carbocycles. The maximum atomic E-state index is 12.8. The summed E-state index contributed by atoms with van der Waals surface area (Å²) in [6.45, 7) is 4.41. The molecule has 0 radical (unpaired) electrons. The Labute approximate surface area is 233 Å². The summed E-state index contributed by atoms with van der Waals surface area (Å²) in [4.78, 5) is 24.5. The number of hydrogen-bond donors (Lipinski definition) is 7. The smallest absolute Gasteiger partial charge is 0.405 e. The molecule has 9 N–H and O–H groups in total. The van der Waals surface area contributed by atoms with E-state index in [2.05, 4.69) is 5.32 Å². The lowest BCUT2D eigenvalue weighted by molar-refractivity contribution is -0.112. The second kappa shape index (κ2) is 14.5. The van der Waals surface area contributed by atoms with Crippen molar-refractivity contribution in [3.05, 3.63) is 52.7 Å². The number of nitrogen functional groups attached to an aromatic ring is 1. The van der Waals surface area contributed by atoms with E-state index in [-0.39, 0.29) is 46.0 Å². The van der Waals surface area contributed by atoms with Crippen LogP contribution in [0.15, 0.2) is 47.1 Å². The van der Waals surface area contributed by atoms with E-state index >= 15 is 0 Å². The van der Waals surface area contributed by atoms with Crippen LogP contribution in [0.4, 0.5) is 16.2 Å². The molecule has 2 bridgehead atoms. The van der Waals surface area contributed by atoms with Gasteiger partial charge in [-0.15, -0.1) is 0 Å². The molecule has 0 aromatic heterocycles. The first-order valence-corrected chi connectivity index (χ1v) is 12.5. The van der Waals surface area contributed by atoms with Gasteiger partial charge >= 0.3 is 6.09 Å². The van der Waals surface area contributed by atoms with E-state index in [1.165, 1.54) is 45.4 Å². The number of aliphatic hydroxyl groups excluding tert-OH is 2. The summed E-state index contributed by atoms with van der Waals surface area (Å²) >= 11 is 0. The highest BCUT2D eigenvalue weighted by Gasteiger charge is 2.30. The fraction of sp³-hybridized carbons (Fsp3) is 0.429. The molecular formula is C28H39N3O9. The van der Waals surface area contributed by atoms with Gasteiger partial charge in [0.1, 0.15) is 17.6 Å². The average molecular weight is 562 g/mol. The number of aliphatic hydroxyl groups is 2. The Morgan fingerprint density at radius 1 is 1.20 bits per heavy atom. The van der Waals surface area contributed by atoms with Gasteiger partial charge in [-0.2, -0.15) is 0 Å². The number of ether oxygens (including phenoxy) is 3. The van der Waals surface area contributed by atoms with Crippen LogP contribution in [0.2, 0.25) is 0 Å². The number of primary amides is 1. The number of phenols is 2. The molecule has 0 fully saturated rings. The van der Waals surface area contributed by atoms with Crippen molar-refractivity contribution in [2.75, 3.05) is 31.9 Å². The van der Waals surface area contributed by atoms with Crippen molar-refractivity contribution in [1.29, 1.82) is 0 Å². The first kappa shape index (κ1) is 32.4. The number of nitrogens with two attached hydrogens (primary N) is 2. The zero-order chi connectivity index (χ0) is 30.1. The van der Waals surface area contributed by atoms with Gasteiger partial charge in [-0.25, -0.2) is 4.79 Å². The lowest BCUT2D eigenvalue weighted by Gasteiger charge is -2.29. The largest absolute Gasteiger partial charge is 0.506 e. The minimum Gasteiger partial charge on any atom is -0.506 e. The zero-order valence-electron chi connectivity index (χ0n) is 23.2. The van der Waals surface area contributed by atoms with Crippen molar-refractivity contribution >= 4 is 29.5 Å². The quantitative estimate of drug-likeness (QED) is 0.124. The van der Waals surface area contributed by atoms with Crippen LogP contribution in [0.1, 0.15) is 32.8 Å². The summed E-state index contributed by atoms with van der Waals surface area (Å²) in [5.41, 5.74) is 12.3. The number of hydrogen-bond acceptors (Lipinski definition) is 10. The Hall–Kier alpha value is -3.84. The third-order valence-corrected chi connectivity index (χ3v) is 6.59. The van der Waals surface area contributed by atoms with E-state index in [1.54, 1.807) is 19.9 Å². The third kappa shape index (κ3) is 8.09. The molecule has 0 saturated carbocycles. The Kier molecular flexibility index (Phi) is 11.7. The molecule has 1 aliphatic rings. The molecule has 0 saturated heterocycles. The summed E-state index contributed by atoms with van der Waals surface area (Å²) < 4.78 is 16.3. The maximum Gasteiger partial charge on any atom is 0.405 e. The number of fused-ring (bicyclic) bond motifs is 2. The van der Waals surface area contributed by atoms with Gasteiger partial charge in [0.05, 0.1) is 30.2 Å². The van der Waals surface area contributed by atoms with E-state index in [4.69, 9.17) is 25.7 Å². The van der Waals surface area contributed by atoms with Crippen LogP contribution in [0, 0.1) is 5.92 Å². The number of rotatable bonds is 4. The van der Waals surface area contributed by atoms with E-state index in [0.29, 0.717) is 5.57 Å². The summed E-state index contributed by atoms with van der Waals surface area (Å²) in [5, 5.41) is 45.1. The van der Waals surface area contributed by atoms with Gasteiger partial charge in [-0.3, -0.25) is 4.79 Å². The molecule has 2 rings (SSSR count). The van der Waals surface area contributed by atoms with Crippen LogP contribution >= 0.6 is 0 Å². The highest BCUT2D eigenvalue weighted by molar-refractivity contribution is 6.05. The Morgan fingerprint density at radius 2 is 1.88 bits per heavy atom. The number of carbonyl (C=O) groups is 2. The standard InChI is InChI=1S/C28H39N3O9/c1-14-9-18-23(29)20(33)12-19(25(18)35)31-27(36)15(2)7-6-8-21(38-4)26(40-28(30)37)17(13-32)11-16(3)24(34)22(10-14)39-5/h6-9,11-12,16,21-22,24,26,32-35H,10,13,29H2,1-5H3,(H2,30,37)(H,31,36)/t16-,21-,22-,24+,26-/m0/s1. The summed E-state index contributed by atoms with van der Waals surface area (Å²) in [5.74, 6) is -1.88. The normalized spacial score (nSPS) is 24.9.